The number of amides is 4. The third-order valence-corrected chi connectivity index (χ3v) is 20.9. The van der Waals surface area contributed by atoms with Crippen molar-refractivity contribution in [3.8, 4) is 23.0 Å². The second-order valence-electron chi connectivity index (χ2n) is 27.1. The number of ketones is 2. The summed E-state index contributed by atoms with van der Waals surface area (Å²) in [6.07, 6.45) is 5.81. The van der Waals surface area contributed by atoms with E-state index in [1.165, 1.54) is 88.6 Å². The molecule has 0 aliphatic rings. The first kappa shape index (κ1) is 89.5. The predicted octanol–water partition coefficient (Wildman–Crippen LogP) is 22.2. The normalized spacial score (nSPS) is 11.0. The zero-order chi connectivity index (χ0) is 91.2. The lowest BCUT2D eigenvalue weighted by atomic mass is 9.96. The van der Waals surface area contributed by atoms with Crippen molar-refractivity contribution < 1.29 is 73.0 Å². The molecule has 0 radical (unpaired) electrons. The summed E-state index contributed by atoms with van der Waals surface area (Å²) < 4.78 is 19.3. The van der Waals surface area contributed by atoms with Gasteiger partial charge in [-0.3, -0.25) is 33.8 Å². The zero-order valence-electron chi connectivity index (χ0n) is 68.1. The molecule has 0 aliphatic heterocycles. The highest BCUT2D eigenvalue weighted by molar-refractivity contribution is 7.12. The Morgan fingerprint density at radius 3 is 1.46 bits per heavy atom. The molecule has 0 unspecified atom stereocenters. The van der Waals surface area contributed by atoms with Crippen LogP contribution in [0.15, 0.2) is 314 Å². The lowest BCUT2D eigenvalue weighted by Crippen LogP contribution is -2.13. The van der Waals surface area contributed by atoms with Crippen LogP contribution in [0.3, 0.4) is 0 Å². The number of nitrogens with two attached hydrogens (primary N) is 1. The highest BCUT2D eigenvalue weighted by Crippen LogP contribution is 2.47. The SMILES string of the molecule is COC(=O)c1cccnc1N=Nc1c(O)c(C(=O)Nc2ccccc2)cc2ccccc12.COC(=O)c1sccc1N=Nc1c(O)c(C(=O)c2ccncc2)cc2cc(C(=O)CO)ccc12.NC(=O)c1cccnc1N=Nc1c(O)c(C(=O)Nc2ccccc2)cc2ccccc12.[C-]#[N+]c1c(C)nsc1N=Nc1c(OC)c(C(=O)Nc2ccc(Cl)cc2)cc2ccccc12. The molecule has 0 bridgehead atoms. The molecule has 0 saturated carbocycles. The van der Waals surface area contributed by atoms with Crippen LogP contribution in [0.25, 0.3) is 47.9 Å². The van der Waals surface area contributed by atoms with E-state index in [1.54, 1.807) is 164 Å². The zero-order valence-corrected chi connectivity index (χ0v) is 70.4. The number of anilines is 3. The number of aliphatic hydroxyl groups is 1. The number of azo groups is 4. The van der Waals surface area contributed by atoms with Crippen LogP contribution in [0.1, 0.15) is 93.4 Å². The summed E-state index contributed by atoms with van der Waals surface area (Å²) in [5.41, 5.74) is 9.95. The lowest BCUT2D eigenvalue weighted by molar-refractivity contribution is 0.0594. The van der Waals surface area contributed by atoms with Crippen molar-refractivity contribution in [3.05, 3.63) is 344 Å². The number of rotatable bonds is 22. The summed E-state index contributed by atoms with van der Waals surface area (Å²) in [7, 11) is 3.98. The maximum Gasteiger partial charge on any atom is 0.350 e. The van der Waals surface area contributed by atoms with Gasteiger partial charge >= 0.3 is 11.9 Å². The van der Waals surface area contributed by atoms with Crippen LogP contribution < -0.4 is 26.4 Å². The minimum atomic E-state index is -0.702. The number of nitrogens with zero attached hydrogens (tertiary/aromatic N) is 13. The number of nitrogens with one attached hydrogen (secondary N) is 3. The first-order valence-electron chi connectivity index (χ1n) is 38.3. The van der Waals surface area contributed by atoms with Crippen LogP contribution in [0, 0.1) is 13.5 Å². The highest BCUT2D eigenvalue weighted by Gasteiger charge is 2.27. The van der Waals surface area contributed by atoms with Crippen molar-refractivity contribution >= 4 is 193 Å². The molecular formula is C94H68ClN17O15S2. The number of aryl methyl sites for hydroxylation is 1. The standard InChI is InChI=1S/C24H18N4O4.C24H17N3O6S.C23H16ClN5O2S.C23H17N5O3/c1-32-24(31)18-12-7-13-25-22(18)28-27-20-17-11-6-5-8-15(17)14-19(21(20)29)23(30)26-16-9-3-2-4-10-16;1-33-24(32)23-18(6-9-34-23)26-27-20-16-3-2-14(19(29)12-28)10-15(16)11-17(22(20)31)21(30)13-4-7-25-8-5-13;1-13-19(25-2)23(32-29-13)28-27-20-17-7-5-4-6-14(17)12-18(21(20)31-3)22(30)26-16-10-8-15(24)9-11-16;24-21(30)17-11-6-12-25-22(17)28-27-19-16-10-5-4-7-14(16)13-18(20(19)29)23(31)26-15-8-2-1-3-9-15/h2-14,29H,1H3,(H,26,30);2-11,28,31H,12H2,1H3;4-12H,1,3H3,(H,26,30);1-13,29H,(H2,24,30)(H,26,31). The van der Waals surface area contributed by atoms with Crippen LogP contribution in [0.5, 0.6) is 23.0 Å². The van der Waals surface area contributed by atoms with E-state index in [4.69, 9.17) is 38.1 Å². The fraction of sp³-hybridized carbons (Fsp3) is 0.0532. The van der Waals surface area contributed by atoms with Crippen LogP contribution in [0.2, 0.25) is 5.02 Å². The number of aliphatic hydroxyl groups excluding tert-OH is 1. The summed E-state index contributed by atoms with van der Waals surface area (Å²) in [5.74, 6) is -4.99. The molecule has 9 N–H and O–H groups in total. The minimum absolute atomic E-state index is 0.0117. The molecule has 0 fully saturated rings. The Balaban J connectivity index is 0.000000147. The Hall–Kier alpha value is -17.3. The molecule has 5 aromatic heterocycles. The van der Waals surface area contributed by atoms with Crippen molar-refractivity contribution in [2.24, 2.45) is 46.6 Å². The Morgan fingerprint density at radius 1 is 0.465 bits per heavy atom. The molecular weight excluding hydrogens is 1710 g/mol. The molecule has 638 valence electrons. The number of phenols is 3. The Labute approximate surface area is 745 Å². The summed E-state index contributed by atoms with van der Waals surface area (Å²) in [4.78, 5) is 115. The molecule has 11 aromatic carbocycles. The Bertz CT molecular complexity index is 7200. The molecule has 129 heavy (non-hydrogen) atoms. The largest absolute Gasteiger partial charge is 0.505 e. The number of carbonyl (C=O) groups is 8. The van der Waals surface area contributed by atoms with E-state index in [0.717, 1.165) is 33.6 Å². The number of ether oxygens (including phenoxy) is 3. The van der Waals surface area contributed by atoms with Gasteiger partial charge in [-0.15, -0.1) is 52.3 Å². The van der Waals surface area contributed by atoms with Crippen molar-refractivity contribution in [3.63, 3.8) is 0 Å². The maximum atomic E-state index is 13.1. The number of hydrogen-bond donors (Lipinski definition) is 8. The van der Waals surface area contributed by atoms with Gasteiger partial charge in [-0.2, -0.15) is 0 Å². The second kappa shape index (κ2) is 41.7. The average Bonchev–Trinajstić information content (AvgIpc) is 1.25. The Morgan fingerprint density at radius 2 is 0.930 bits per heavy atom. The van der Waals surface area contributed by atoms with E-state index in [-0.39, 0.29) is 95.8 Å². The smallest absolute Gasteiger partial charge is 0.350 e. The molecule has 5 heterocycles. The number of carbonyl (C=O) groups excluding carboxylic acids is 8. The monoisotopic (exact) mass is 1770 g/mol. The van der Waals surface area contributed by atoms with Gasteiger partial charge in [0.1, 0.15) is 45.5 Å². The Kier molecular flexibility index (Phi) is 29.0. The lowest BCUT2D eigenvalue weighted by Gasteiger charge is -2.14. The quantitative estimate of drug-likeness (QED) is 0.0135. The van der Waals surface area contributed by atoms with Crippen LogP contribution in [-0.2, 0) is 9.47 Å². The molecule has 0 atom stereocenters. The molecule has 35 heteroatoms. The number of primary amides is 1. The number of esters is 2. The van der Waals surface area contributed by atoms with Crippen molar-refractivity contribution in [2.45, 2.75) is 6.92 Å². The highest BCUT2D eigenvalue weighted by atomic mass is 35.5. The summed E-state index contributed by atoms with van der Waals surface area (Å²) >= 11 is 8.15. The number of thiophene rings is 1. The summed E-state index contributed by atoms with van der Waals surface area (Å²) in [5, 5.41) is 91.2. The number of methoxy groups -OCH3 is 3. The molecule has 0 saturated heterocycles. The van der Waals surface area contributed by atoms with Gasteiger partial charge in [-0.1, -0.05) is 133 Å². The number of aromatic nitrogens is 4. The van der Waals surface area contributed by atoms with Crippen LogP contribution in [-0.4, -0.2) is 115 Å². The third-order valence-electron chi connectivity index (χ3n) is 19.0. The molecule has 16 aromatic rings. The van der Waals surface area contributed by atoms with Gasteiger partial charge in [0.15, 0.2) is 51.2 Å². The first-order chi connectivity index (χ1) is 62.6. The van der Waals surface area contributed by atoms with E-state index < -0.39 is 53.6 Å². The second-order valence-corrected chi connectivity index (χ2v) is 29.2. The van der Waals surface area contributed by atoms with Gasteiger partial charge in [0.2, 0.25) is 5.69 Å². The number of fused-ring (bicyclic) bond motifs is 4. The topological polar surface area (TPSA) is 462 Å². The van der Waals surface area contributed by atoms with Gasteiger partial charge in [-0.25, -0.2) is 28.8 Å². The number of halogens is 1. The van der Waals surface area contributed by atoms with Crippen LogP contribution >= 0.6 is 34.5 Å². The molecule has 0 aliphatic carbocycles. The maximum absolute atomic E-state index is 13.1. The molecule has 0 spiro atoms. The van der Waals surface area contributed by atoms with Crippen molar-refractivity contribution in [1.29, 1.82) is 0 Å². The van der Waals surface area contributed by atoms with Gasteiger partial charge in [0.25, 0.3) is 23.6 Å². The summed E-state index contributed by atoms with van der Waals surface area (Å²) in [6.45, 7) is 8.43. The summed E-state index contributed by atoms with van der Waals surface area (Å²) in [6, 6.07) is 68.0. The fourth-order valence-electron chi connectivity index (χ4n) is 12.7. The van der Waals surface area contributed by atoms with Crippen LogP contribution in [0.4, 0.5) is 67.8 Å². The van der Waals surface area contributed by atoms with E-state index in [0.29, 0.717) is 87.6 Å². The van der Waals surface area contributed by atoms with E-state index in [2.05, 4.69) is 81.0 Å². The average molecular weight is 1780 g/mol. The molecule has 4 amide bonds. The number of Topliss-reactive ketones (excluding diaryl/α,β-unsaturated/α-hetero) is 1. The van der Waals surface area contributed by atoms with Crippen molar-refractivity contribution in [1.82, 2.24) is 19.3 Å². The van der Waals surface area contributed by atoms with E-state index in [1.807, 2.05) is 48.5 Å². The third kappa shape index (κ3) is 21.0. The molecule has 32 nitrogen and oxygen atoms in total. The predicted molar refractivity (Wildman–Crippen MR) is 488 cm³/mol. The van der Waals surface area contributed by atoms with Gasteiger partial charge in [-0.05, 0) is 167 Å². The number of benzene rings is 11. The van der Waals surface area contributed by atoms with Gasteiger partial charge in [0.05, 0.1) is 61.4 Å². The van der Waals surface area contributed by atoms with E-state index in [9.17, 15) is 58.8 Å². The van der Waals surface area contributed by atoms with Gasteiger partial charge in [0, 0.05) is 79.5 Å². The number of hydrogen-bond acceptors (Lipinski definition) is 29. The first-order valence-corrected chi connectivity index (χ1v) is 40.3. The molecule has 16 rings (SSSR count). The van der Waals surface area contributed by atoms with Gasteiger partial charge < -0.3 is 56.3 Å². The minimum Gasteiger partial charge on any atom is -0.505 e. The van der Waals surface area contributed by atoms with E-state index >= 15 is 0 Å². The number of aromatic hydroxyl groups is 3. The number of pyridine rings is 3. The fourth-order valence-corrected chi connectivity index (χ4v) is 14.2. The number of phenolic OH excluding ortho intramolecular Hbond substituents is 3. The number of para-hydroxylation sites is 2. The van der Waals surface area contributed by atoms with Crippen molar-refractivity contribution in [2.75, 3.05) is 43.9 Å².